The first-order valence-electron chi connectivity index (χ1n) is 5.25. The first kappa shape index (κ1) is 11.9. The van der Waals surface area contributed by atoms with Gasteiger partial charge in [0.05, 0.1) is 5.25 Å². The molecule has 0 radical (unpaired) electrons. The molecular weight excluding hydrogens is 196 g/mol. The minimum atomic E-state index is 0.0598. The minimum absolute atomic E-state index is 0.0598. The van der Waals surface area contributed by atoms with E-state index in [0.717, 1.165) is 18.6 Å². The van der Waals surface area contributed by atoms with Gasteiger partial charge in [0.1, 0.15) is 0 Å². The van der Waals surface area contributed by atoms with E-state index in [1.54, 1.807) is 11.8 Å². The molecule has 0 heterocycles. The maximum atomic E-state index is 11.5. The predicted molar refractivity (Wildman–Crippen MR) is 61.3 cm³/mol. The maximum absolute atomic E-state index is 11.5. The Morgan fingerprint density at radius 1 is 1.57 bits per heavy atom. The van der Waals surface area contributed by atoms with Gasteiger partial charge in [-0.1, -0.05) is 6.92 Å². The van der Waals surface area contributed by atoms with Gasteiger partial charge in [-0.25, -0.2) is 0 Å². The fourth-order valence-corrected chi connectivity index (χ4v) is 1.97. The molecule has 0 aromatic carbocycles. The summed E-state index contributed by atoms with van der Waals surface area (Å²) < 4.78 is 0. The Labute approximate surface area is 90.2 Å². The highest BCUT2D eigenvalue weighted by molar-refractivity contribution is 8.00. The van der Waals surface area contributed by atoms with Crippen molar-refractivity contribution in [3.05, 3.63) is 0 Å². The van der Waals surface area contributed by atoms with Crippen LogP contribution in [-0.2, 0) is 4.79 Å². The molecule has 1 fully saturated rings. The normalized spacial score (nSPS) is 20.2. The fourth-order valence-electron chi connectivity index (χ4n) is 0.999. The van der Waals surface area contributed by atoms with Crippen molar-refractivity contribution in [3.63, 3.8) is 0 Å². The van der Waals surface area contributed by atoms with Crippen LogP contribution in [0.1, 0.15) is 26.7 Å². The van der Waals surface area contributed by atoms with E-state index in [9.17, 15) is 4.79 Å². The zero-order valence-corrected chi connectivity index (χ0v) is 9.77. The van der Waals surface area contributed by atoms with Crippen molar-refractivity contribution >= 4 is 17.7 Å². The lowest BCUT2D eigenvalue weighted by Gasteiger charge is -2.13. The predicted octanol–water partition coefficient (Wildman–Crippen LogP) is 0.981. The Hall–Kier alpha value is -0.220. The summed E-state index contributed by atoms with van der Waals surface area (Å²) in [4.78, 5) is 11.5. The van der Waals surface area contributed by atoms with Gasteiger partial charge in [-0.2, -0.15) is 0 Å². The summed E-state index contributed by atoms with van der Waals surface area (Å²) in [6.07, 6.45) is 2.31. The molecule has 1 aliphatic carbocycles. The quantitative estimate of drug-likeness (QED) is 0.696. The summed E-state index contributed by atoms with van der Waals surface area (Å²) in [5, 5.41) is 3.06. The first-order valence-corrected chi connectivity index (χ1v) is 6.30. The monoisotopic (exact) mass is 216 g/mol. The number of rotatable bonds is 6. The zero-order valence-electron chi connectivity index (χ0n) is 8.95. The third-order valence-corrected chi connectivity index (χ3v) is 3.80. The number of carbonyl (C=O) groups excluding carboxylic acids is 1. The van der Waals surface area contributed by atoms with Crippen molar-refractivity contribution < 1.29 is 4.79 Å². The molecule has 1 rings (SSSR count). The van der Waals surface area contributed by atoms with E-state index in [-0.39, 0.29) is 11.2 Å². The second kappa shape index (κ2) is 5.61. The van der Waals surface area contributed by atoms with E-state index in [0.29, 0.717) is 18.5 Å². The molecule has 0 spiro atoms. The second-order valence-corrected chi connectivity index (χ2v) is 5.47. The summed E-state index contributed by atoms with van der Waals surface area (Å²) in [7, 11) is 0. The Balaban J connectivity index is 2.12. The molecule has 1 aliphatic rings. The topological polar surface area (TPSA) is 55.1 Å². The maximum Gasteiger partial charge on any atom is 0.233 e. The van der Waals surface area contributed by atoms with Gasteiger partial charge in [0.15, 0.2) is 0 Å². The average Bonchev–Trinajstić information content (AvgIpc) is 2.97. The summed E-state index contributed by atoms with van der Waals surface area (Å²) >= 11 is 1.69. The Morgan fingerprint density at radius 3 is 2.71 bits per heavy atom. The number of nitrogens with two attached hydrogens (primary N) is 1. The Kier molecular flexibility index (Phi) is 4.75. The van der Waals surface area contributed by atoms with Crippen LogP contribution in [0.25, 0.3) is 0 Å². The SMILES string of the molecule is CC(CN)CSC(C)C(=O)NC1CC1. The molecule has 0 saturated heterocycles. The molecule has 2 unspecified atom stereocenters. The van der Waals surface area contributed by atoms with Crippen LogP contribution in [0.4, 0.5) is 0 Å². The van der Waals surface area contributed by atoms with Crippen molar-refractivity contribution in [3.8, 4) is 0 Å². The Morgan fingerprint density at radius 2 is 2.21 bits per heavy atom. The van der Waals surface area contributed by atoms with Gasteiger partial charge >= 0.3 is 0 Å². The van der Waals surface area contributed by atoms with Crippen LogP contribution in [-0.4, -0.2) is 29.5 Å². The third-order valence-electron chi connectivity index (χ3n) is 2.33. The minimum Gasteiger partial charge on any atom is -0.352 e. The largest absolute Gasteiger partial charge is 0.352 e. The lowest BCUT2D eigenvalue weighted by atomic mass is 10.2. The number of amides is 1. The zero-order chi connectivity index (χ0) is 10.6. The van der Waals surface area contributed by atoms with Crippen LogP contribution in [0.15, 0.2) is 0 Å². The summed E-state index contributed by atoms with van der Waals surface area (Å²) in [5.74, 6) is 1.65. The highest BCUT2D eigenvalue weighted by atomic mass is 32.2. The van der Waals surface area contributed by atoms with Gasteiger partial charge in [-0.05, 0) is 38.0 Å². The van der Waals surface area contributed by atoms with E-state index in [1.807, 2.05) is 6.92 Å². The molecule has 0 aromatic heterocycles. The molecule has 14 heavy (non-hydrogen) atoms. The molecule has 1 saturated carbocycles. The van der Waals surface area contributed by atoms with Crippen molar-refractivity contribution in [1.82, 2.24) is 5.32 Å². The van der Waals surface area contributed by atoms with E-state index >= 15 is 0 Å². The summed E-state index contributed by atoms with van der Waals surface area (Å²) in [5.41, 5.74) is 5.51. The van der Waals surface area contributed by atoms with Crippen LogP contribution in [0.2, 0.25) is 0 Å². The molecule has 82 valence electrons. The number of nitrogens with one attached hydrogen (secondary N) is 1. The molecular formula is C10H20N2OS. The van der Waals surface area contributed by atoms with Gasteiger partial charge < -0.3 is 11.1 Å². The van der Waals surface area contributed by atoms with Gasteiger partial charge in [0, 0.05) is 6.04 Å². The summed E-state index contributed by atoms with van der Waals surface area (Å²) in [6, 6.07) is 0.470. The highest BCUT2D eigenvalue weighted by Crippen LogP contribution is 2.21. The van der Waals surface area contributed by atoms with Crippen molar-refractivity contribution in [2.24, 2.45) is 11.7 Å². The van der Waals surface area contributed by atoms with Crippen LogP contribution < -0.4 is 11.1 Å². The van der Waals surface area contributed by atoms with Gasteiger partial charge in [0.25, 0.3) is 0 Å². The van der Waals surface area contributed by atoms with Crippen LogP contribution >= 0.6 is 11.8 Å². The van der Waals surface area contributed by atoms with Gasteiger partial charge in [0.2, 0.25) is 5.91 Å². The molecule has 0 aromatic rings. The fraction of sp³-hybridized carbons (Fsp3) is 0.900. The number of carbonyl (C=O) groups is 1. The van der Waals surface area contributed by atoms with Gasteiger partial charge in [-0.3, -0.25) is 4.79 Å². The number of hydrogen-bond donors (Lipinski definition) is 2. The standard InChI is InChI=1S/C10H20N2OS/c1-7(5-11)6-14-8(2)10(13)12-9-3-4-9/h7-9H,3-6,11H2,1-2H3,(H,12,13). The van der Waals surface area contributed by atoms with Crippen molar-refractivity contribution in [2.45, 2.75) is 38.0 Å². The van der Waals surface area contributed by atoms with E-state index in [1.165, 1.54) is 0 Å². The van der Waals surface area contributed by atoms with Crippen LogP contribution in [0, 0.1) is 5.92 Å². The number of hydrogen-bond acceptors (Lipinski definition) is 3. The smallest absolute Gasteiger partial charge is 0.233 e. The van der Waals surface area contributed by atoms with E-state index in [2.05, 4.69) is 12.2 Å². The van der Waals surface area contributed by atoms with E-state index in [4.69, 9.17) is 5.73 Å². The van der Waals surface area contributed by atoms with Gasteiger partial charge in [-0.15, -0.1) is 11.8 Å². The molecule has 4 heteroatoms. The summed E-state index contributed by atoms with van der Waals surface area (Å²) in [6.45, 7) is 4.77. The Bertz CT molecular complexity index is 195. The van der Waals surface area contributed by atoms with Crippen LogP contribution in [0.5, 0.6) is 0 Å². The number of thioether (sulfide) groups is 1. The lowest BCUT2D eigenvalue weighted by Crippen LogP contribution is -2.33. The molecule has 1 amide bonds. The first-order chi connectivity index (χ1) is 6.63. The van der Waals surface area contributed by atoms with Crippen molar-refractivity contribution in [1.29, 1.82) is 0 Å². The third kappa shape index (κ3) is 4.33. The van der Waals surface area contributed by atoms with Crippen molar-refractivity contribution in [2.75, 3.05) is 12.3 Å². The molecule has 0 bridgehead atoms. The lowest BCUT2D eigenvalue weighted by molar-refractivity contribution is -0.120. The highest BCUT2D eigenvalue weighted by Gasteiger charge is 2.25. The molecule has 0 aliphatic heterocycles. The second-order valence-electron chi connectivity index (χ2n) is 4.10. The van der Waals surface area contributed by atoms with Crippen LogP contribution in [0.3, 0.4) is 0 Å². The average molecular weight is 216 g/mol. The van der Waals surface area contributed by atoms with E-state index < -0.39 is 0 Å². The molecule has 3 nitrogen and oxygen atoms in total. The molecule has 2 atom stereocenters. The molecule has 3 N–H and O–H groups in total.